The number of aromatic nitrogens is 2. The second kappa shape index (κ2) is 5.14. The smallest absolute Gasteiger partial charge is 0.407 e. The van der Waals surface area contributed by atoms with Crippen molar-refractivity contribution in [3.8, 4) is 0 Å². The molecule has 2 aromatic heterocycles. The summed E-state index contributed by atoms with van der Waals surface area (Å²) in [6.07, 6.45) is 4.61. The minimum atomic E-state index is -0.939. The highest BCUT2D eigenvalue weighted by atomic mass is 16.6. The molecule has 1 aliphatic rings. The van der Waals surface area contributed by atoms with E-state index in [2.05, 4.69) is 4.98 Å². The summed E-state index contributed by atoms with van der Waals surface area (Å²) >= 11 is 0. The van der Waals surface area contributed by atoms with Gasteiger partial charge in [0, 0.05) is 43.4 Å². The molecule has 0 radical (unpaired) electrons. The molecule has 0 fully saturated rings. The van der Waals surface area contributed by atoms with Gasteiger partial charge in [0.25, 0.3) is 5.69 Å². The van der Waals surface area contributed by atoms with Crippen LogP contribution in [-0.4, -0.2) is 43.7 Å². The van der Waals surface area contributed by atoms with Crippen molar-refractivity contribution in [2.75, 3.05) is 13.1 Å². The molecule has 8 heteroatoms. The van der Waals surface area contributed by atoms with E-state index in [4.69, 9.17) is 5.11 Å². The van der Waals surface area contributed by atoms with E-state index in [1.807, 2.05) is 23.9 Å². The molecule has 114 valence electrons. The van der Waals surface area contributed by atoms with Crippen LogP contribution in [0, 0.1) is 10.1 Å². The van der Waals surface area contributed by atoms with Gasteiger partial charge in [-0.05, 0) is 12.0 Å². The Hall–Kier alpha value is -2.90. The first-order valence-corrected chi connectivity index (χ1v) is 6.74. The lowest BCUT2D eigenvalue weighted by atomic mass is 10.00. The Kier molecular flexibility index (Phi) is 3.28. The Morgan fingerprint density at radius 3 is 2.86 bits per heavy atom. The number of hydrogen-bond acceptors (Lipinski definition) is 4. The molecule has 22 heavy (non-hydrogen) atoms. The number of pyridine rings is 1. The highest BCUT2D eigenvalue weighted by Crippen LogP contribution is 2.31. The molecule has 0 saturated heterocycles. The van der Waals surface area contributed by atoms with E-state index in [-0.39, 0.29) is 5.69 Å². The summed E-state index contributed by atoms with van der Waals surface area (Å²) < 4.78 is 1.82. The number of carboxylic acid groups (broad SMARTS) is 1. The highest BCUT2D eigenvalue weighted by molar-refractivity contribution is 5.92. The molecule has 0 saturated carbocycles. The lowest BCUT2D eigenvalue weighted by Crippen LogP contribution is -2.33. The van der Waals surface area contributed by atoms with Gasteiger partial charge < -0.3 is 14.6 Å². The van der Waals surface area contributed by atoms with Crippen molar-refractivity contribution >= 4 is 28.4 Å². The normalized spacial score (nSPS) is 15.0. The van der Waals surface area contributed by atoms with Gasteiger partial charge >= 0.3 is 6.09 Å². The molecule has 1 aliphatic heterocycles. The Balaban J connectivity index is 2.06. The maximum atomic E-state index is 10.9. The van der Waals surface area contributed by atoms with Crippen LogP contribution < -0.4 is 0 Å². The van der Waals surface area contributed by atoms with Crippen LogP contribution in [-0.2, 0) is 7.05 Å². The number of hydrogen-bond donors (Lipinski definition) is 1. The Labute approximate surface area is 125 Å². The van der Waals surface area contributed by atoms with Gasteiger partial charge in [0.15, 0.2) is 0 Å². The first-order chi connectivity index (χ1) is 10.5. The molecule has 2 aromatic rings. The van der Waals surface area contributed by atoms with Crippen molar-refractivity contribution in [2.24, 2.45) is 7.05 Å². The average Bonchev–Trinajstić information content (AvgIpc) is 2.84. The molecule has 0 aliphatic carbocycles. The number of nitrogens with zero attached hydrogens (tertiary/aromatic N) is 4. The van der Waals surface area contributed by atoms with Crippen molar-refractivity contribution in [3.05, 3.63) is 40.2 Å². The standard InChI is InChI=1S/C14H14N4O4/c1-16-8-12(9-2-4-17(5-3-9)14(19)20)11-6-10(18(21)22)7-15-13(11)16/h2,6-8H,3-5H2,1H3,(H,19,20). The van der Waals surface area contributed by atoms with E-state index >= 15 is 0 Å². The largest absolute Gasteiger partial charge is 0.465 e. The lowest BCUT2D eigenvalue weighted by molar-refractivity contribution is -0.385. The van der Waals surface area contributed by atoms with E-state index in [9.17, 15) is 14.9 Å². The second-order valence-corrected chi connectivity index (χ2v) is 5.18. The molecule has 1 amide bonds. The Bertz CT molecular complexity index is 809. The van der Waals surface area contributed by atoms with Gasteiger partial charge in [-0.1, -0.05) is 6.08 Å². The van der Waals surface area contributed by atoms with Crippen LogP contribution in [0.3, 0.4) is 0 Å². The van der Waals surface area contributed by atoms with Crippen LogP contribution in [0.2, 0.25) is 0 Å². The molecular weight excluding hydrogens is 288 g/mol. The zero-order valence-corrected chi connectivity index (χ0v) is 11.9. The first kappa shape index (κ1) is 14.1. The topological polar surface area (TPSA) is 102 Å². The maximum absolute atomic E-state index is 10.9. The predicted octanol–water partition coefficient (Wildman–Crippen LogP) is 2.25. The highest BCUT2D eigenvalue weighted by Gasteiger charge is 2.20. The summed E-state index contributed by atoms with van der Waals surface area (Å²) in [5.41, 5.74) is 2.48. The monoisotopic (exact) mass is 302 g/mol. The molecule has 0 spiro atoms. The second-order valence-electron chi connectivity index (χ2n) is 5.18. The van der Waals surface area contributed by atoms with Crippen LogP contribution >= 0.6 is 0 Å². The Morgan fingerprint density at radius 2 is 2.27 bits per heavy atom. The van der Waals surface area contributed by atoms with Crippen molar-refractivity contribution in [2.45, 2.75) is 6.42 Å². The molecule has 0 unspecified atom stereocenters. The third-order valence-electron chi connectivity index (χ3n) is 3.84. The predicted molar refractivity (Wildman–Crippen MR) is 79.6 cm³/mol. The Morgan fingerprint density at radius 1 is 1.50 bits per heavy atom. The lowest BCUT2D eigenvalue weighted by Gasteiger charge is -2.23. The minimum Gasteiger partial charge on any atom is -0.465 e. The van der Waals surface area contributed by atoms with E-state index in [0.717, 1.165) is 11.1 Å². The molecule has 0 bridgehead atoms. The number of aryl methyl sites for hydroxylation is 1. The quantitative estimate of drug-likeness (QED) is 0.677. The van der Waals surface area contributed by atoms with E-state index in [1.165, 1.54) is 17.2 Å². The summed E-state index contributed by atoms with van der Waals surface area (Å²) in [4.78, 5) is 26.9. The van der Waals surface area contributed by atoms with Crippen molar-refractivity contribution in [1.29, 1.82) is 0 Å². The fourth-order valence-corrected chi connectivity index (χ4v) is 2.69. The molecule has 3 heterocycles. The van der Waals surface area contributed by atoms with Crippen LogP contribution in [0.5, 0.6) is 0 Å². The van der Waals surface area contributed by atoms with Crippen LogP contribution in [0.1, 0.15) is 12.0 Å². The fraction of sp³-hybridized carbons (Fsp3) is 0.286. The van der Waals surface area contributed by atoms with E-state index < -0.39 is 11.0 Å². The molecule has 0 atom stereocenters. The van der Waals surface area contributed by atoms with Gasteiger partial charge in [0.1, 0.15) is 11.8 Å². The SMILES string of the molecule is Cn1cc(C2=CCN(C(=O)O)CC2)c2cc([N+](=O)[O-])cnc21. The van der Waals surface area contributed by atoms with Crippen molar-refractivity contribution < 1.29 is 14.8 Å². The van der Waals surface area contributed by atoms with Crippen molar-refractivity contribution in [3.63, 3.8) is 0 Å². The summed E-state index contributed by atoms with van der Waals surface area (Å²) in [7, 11) is 1.83. The zero-order valence-electron chi connectivity index (χ0n) is 11.9. The van der Waals surface area contributed by atoms with Gasteiger partial charge in [-0.3, -0.25) is 10.1 Å². The molecular formula is C14H14N4O4. The number of carbonyl (C=O) groups is 1. The van der Waals surface area contributed by atoms with Gasteiger partial charge in [0.05, 0.1) is 4.92 Å². The summed E-state index contributed by atoms with van der Waals surface area (Å²) in [5, 5.41) is 20.6. The van der Waals surface area contributed by atoms with E-state index in [1.54, 1.807) is 0 Å². The molecule has 3 rings (SSSR count). The number of rotatable bonds is 2. The number of fused-ring (bicyclic) bond motifs is 1. The van der Waals surface area contributed by atoms with Gasteiger partial charge in [-0.25, -0.2) is 9.78 Å². The van der Waals surface area contributed by atoms with Crippen molar-refractivity contribution in [1.82, 2.24) is 14.5 Å². The minimum absolute atomic E-state index is 0.0523. The number of amides is 1. The third-order valence-corrected chi connectivity index (χ3v) is 3.84. The fourth-order valence-electron chi connectivity index (χ4n) is 2.69. The van der Waals surface area contributed by atoms with Crippen LogP contribution in [0.15, 0.2) is 24.5 Å². The van der Waals surface area contributed by atoms with Crippen LogP contribution in [0.4, 0.5) is 10.5 Å². The van der Waals surface area contributed by atoms with Gasteiger partial charge in [-0.15, -0.1) is 0 Å². The molecule has 8 nitrogen and oxygen atoms in total. The first-order valence-electron chi connectivity index (χ1n) is 6.74. The summed E-state index contributed by atoms with van der Waals surface area (Å²) in [6.45, 7) is 0.739. The molecule has 1 N–H and O–H groups in total. The van der Waals surface area contributed by atoms with Gasteiger partial charge in [-0.2, -0.15) is 0 Å². The summed E-state index contributed by atoms with van der Waals surface area (Å²) in [5.74, 6) is 0. The zero-order chi connectivity index (χ0) is 15.9. The summed E-state index contributed by atoms with van der Waals surface area (Å²) in [6, 6.07) is 1.52. The van der Waals surface area contributed by atoms with Gasteiger partial charge in [0.2, 0.25) is 0 Å². The maximum Gasteiger partial charge on any atom is 0.407 e. The third kappa shape index (κ3) is 2.28. The number of nitro groups is 1. The van der Waals surface area contributed by atoms with E-state index in [0.29, 0.717) is 30.5 Å². The average molecular weight is 302 g/mol. The molecule has 0 aromatic carbocycles. The van der Waals surface area contributed by atoms with Crippen LogP contribution in [0.25, 0.3) is 16.6 Å².